The molecule has 142 valence electrons. The van der Waals surface area contributed by atoms with Gasteiger partial charge in [-0.15, -0.1) is 11.3 Å². The third-order valence-electron chi connectivity index (χ3n) is 3.52. The third-order valence-corrected chi connectivity index (χ3v) is 4.92. The zero-order valence-corrected chi connectivity index (χ0v) is 16.2. The Balaban J connectivity index is 1.86. The molecule has 1 heterocycles. The smallest absolute Gasteiger partial charge is 0.353 e. The highest BCUT2D eigenvalue weighted by Gasteiger charge is 2.19. The van der Waals surface area contributed by atoms with E-state index in [2.05, 4.69) is 5.32 Å². The molecule has 2 aromatic carbocycles. The van der Waals surface area contributed by atoms with Gasteiger partial charge >= 0.3 is 5.97 Å². The van der Waals surface area contributed by atoms with Gasteiger partial charge in [0.25, 0.3) is 11.6 Å². The molecular weight excluding hydrogens is 427 g/mol. The van der Waals surface area contributed by atoms with Crippen LogP contribution in [-0.2, 0) is 0 Å². The maximum atomic E-state index is 12.7. The van der Waals surface area contributed by atoms with Gasteiger partial charge in [-0.3, -0.25) is 14.9 Å². The Bertz CT molecular complexity index is 1070. The van der Waals surface area contributed by atoms with E-state index in [4.69, 9.17) is 27.9 Å². The lowest BCUT2D eigenvalue weighted by Crippen LogP contribution is -2.16. The van der Waals surface area contributed by atoms with Crippen molar-refractivity contribution >= 4 is 57.8 Å². The minimum Gasteiger partial charge on any atom is -0.421 e. The summed E-state index contributed by atoms with van der Waals surface area (Å²) >= 11 is 13.2. The van der Waals surface area contributed by atoms with Crippen LogP contribution in [0.15, 0.2) is 53.9 Å². The molecule has 1 aromatic heterocycles. The predicted octanol–water partition coefficient (Wildman–Crippen LogP) is 5.43. The van der Waals surface area contributed by atoms with Crippen LogP contribution in [0.5, 0.6) is 5.75 Å². The maximum absolute atomic E-state index is 12.7. The molecule has 0 saturated heterocycles. The van der Waals surface area contributed by atoms with Crippen molar-refractivity contribution in [3.8, 4) is 5.75 Å². The van der Waals surface area contributed by atoms with E-state index in [0.717, 1.165) is 6.07 Å². The lowest BCUT2D eigenvalue weighted by Gasteiger charge is -2.11. The minimum atomic E-state index is -0.646. The molecule has 1 N–H and O–H groups in total. The van der Waals surface area contributed by atoms with E-state index in [1.54, 1.807) is 17.5 Å². The highest BCUT2D eigenvalue weighted by atomic mass is 35.5. The van der Waals surface area contributed by atoms with Crippen LogP contribution in [0.1, 0.15) is 20.0 Å². The number of carbonyl (C=O) groups is 2. The van der Waals surface area contributed by atoms with Crippen LogP contribution >= 0.6 is 34.5 Å². The van der Waals surface area contributed by atoms with Crippen LogP contribution in [0.2, 0.25) is 10.0 Å². The summed E-state index contributed by atoms with van der Waals surface area (Å²) in [5, 5.41) is 15.3. The van der Waals surface area contributed by atoms with Gasteiger partial charge in [-0.2, -0.15) is 0 Å². The number of nitrogens with one attached hydrogen (secondary N) is 1. The number of halogens is 2. The van der Waals surface area contributed by atoms with Gasteiger partial charge in [0.1, 0.15) is 10.6 Å². The Morgan fingerprint density at radius 2 is 1.89 bits per heavy atom. The second-order valence-corrected chi connectivity index (χ2v) is 7.17. The summed E-state index contributed by atoms with van der Waals surface area (Å²) in [6.45, 7) is 0. The van der Waals surface area contributed by atoms with E-state index in [9.17, 15) is 19.7 Å². The van der Waals surface area contributed by atoms with E-state index >= 15 is 0 Å². The van der Waals surface area contributed by atoms with Gasteiger partial charge < -0.3 is 10.1 Å². The van der Waals surface area contributed by atoms with Crippen LogP contribution in [-0.4, -0.2) is 16.8 Å². The summed E-state index contributed by atoms with van der Waals surface area (Å²) in [6, 6.07) is 11.2. The van der Waals surface area contributed by atoms with E-state index in [0.29, 0.717) is 4.88 Å². The zero-order valence-electron chi connectivity index (χ0n) is 13.8. The SMILES string of the molecule is O=C(Oc1ccc(Cl)cc1C(=O)Nc1ccc([N+](=O)[O-])cc1Cl)c1cccs1. The number of nitro benzene ring substituents is 1. The highest BCUT2D eigenvalue weighted by Crippen LogP contribution is 2.29. The van der Waals surface area contributed by atoms with Crippen molar-refractivity contribution in [3.63, 3.8) is 0 Å². The first-order valence-corrected chi connectivity index (χ1v) is 9.29. The normalized spacial score (nSPS) is 10.4. The molecule has 1 amide bonds. The lowest BCUT2D eigenvalue weighted by atomic mass is 10.1. The Labute approximate surface area is 172 Å². The minimum absolute atomic E-state index is 0.00632. The monoisotopic (exact) mass is 436 g/mol. The molecule has 0 aliphatic heterocycles. The Kier molecular flexibility index (Phi) is 5.93. The van der Waals surface area contributed by atoms with E-state index in [1.165, 1.54) is 41.7 Å². The number of esters is 1. The topological polar surface area (TPSA) is 98.5 Å². The largest absolute Gasteiger partial charge is 0.421 e. The van der Waals surface area contributed by atoms with Crippen LogP contribution in [0.25, 0.3) is 0 Å². The average Bonchev–Trinajstić information content (AvgIpc) is 3.19. The number of benzene rings is 2. The summed E-state index contributed by atoms with van der Waals surface area (Å²) in [5.74, 6) is -1.25. The molecule has 7 nitrogen and oxygen atoms in total. The molecule has 0 unspecified atom stereocenters. The van der Waals surface area contributed by atoms with Crippen molar-refractivity contribution in [3.05, 3.63) is 84.5 Å². The van der Waals surface area contributed by atoms with Gasteiger partial charge in [-0.25, -0.2) is 4.79 Å². The maximum Gasteiger partial charge on any atom is 0.353 e. The second-order valence-electron chi connectivity index (χ2n) is 5.38. The van der Waals surface area contributed by atoms with Gasteiger partial charge in [0.05, 0.1) is 21.2 Å². The number of hydrogen-bond acceptors (Lipinski definition) is 6. The Morgan fingerprint density at radius 3 is 2.54 bits per heavy atom. The van der Waals surface area contributed by atoms with Crippen molar-refractivity contribution in [2.24, 2.45) is 0 Å². The highest BCUT2D eigenvalue weighted by molar-refractivity contribution is 7.12. The van der Waals surface area contributed by atoms with Gasteiger partial charge in [0.2, 0.25) is 0 Å². The molecule has 3 rings (SSSR count). The first-order chi connectivity index (χ1) is 13.3. The van der Waals surface area contributed by atoms with Crippen LogP contribution in [0.3, 0.4) is 0 Å². The lowest BCUT2D eigenvalue weighted by molar-refractivity contribution is -0.384. The average molecular weight is 437 g/mol. The number of non-ortho nitro benzene ring substituents is 1. The van der Waals surface area contributed by atoms with Crippen molar-refractivity contribution in [1.82, 2.24) is 0 Å². The third kappa shape index (κ3) is 4.48. The van der Waals surface area contributed by atoms with E-state index in [1.807, 2.05) is 0 Å². The summed E-state index contributed by atoms with van der Waals surface area (Å²) < 4.78 is 5.31. The first kappa shape index (κ1) is 19.8. The number of ether oxygens (including phenoxy) is 1. The molecule has 0 spiro atoms. The molecule has 0 bridgehead atoms. The molecule has 0 atom stereocenters. The summed E-state index contributed by atoms with van der Waals surface area (Å²) in [7, 11) is 0. The van der Waals surface area contributed by atoms with Crippen molar-refractivity contribution in [2.45, 2.75) is 0 Å². The fourth-order valence-electron chi connectivity index (χ4n) is 2.22. The van der Waals surface area contributed by atoms with Gasteiger partial charge in [-0.1, -0.05) is 29.3 Å². The number of rotatable bonds is 5. The fraction of sp³-hybridized carbons (Fsp3) is 0. The van der Waals surface area contributed by atoms with Gasteiger partial charge in [-0.05, 0) is 35.7 Å². The zero-order chi connectivity index (χ0) is 20.3. The second kappa shape index (κ2) is 8.39. The first-order valence-electron chi connectivity index (χ1n) is 7.65. The standard InChI is InChI=1S/C18H10Cl2N2O5S/c19-10-3-6-15(27-18(24)16-2-1-7-28-16)12(8-10)17(23)21-14-5-4-11(22(25)26)9-13(14)20/h1-9H,(H,21,23). The van der Waals surface area contributed by atoms with Gasteiger partial charge in [0.15, 0.2) is 0 Å². The molecule has 0 fully saturated rings. The number of thiophene rings is 1. The number of nitro groups is 1. The molecule has 0 aliphatic rings. The van der Waals surface area contributed by atoms with E-state index in [-0.39, 0.29) is 32.7 Å². The molecule has 0 saturated carbocycles. The van der Waals surface area contributed by atoms with Crippen LogP contribution in [0, 0.1) is 10.1 Å². The summed E-state index contributed by atoms with van der Waals surface area (Å²) in [6.07, 6.45) is 0. The van der Waals surface area contributed by atoms with Gasteiger partial charge in [0, 0.05) is 17.2 Å². The number of amides is 1. The Hall–Kier alpha value is -2.94. The van der Waals surface area contributed by atoms with Crippen molar-refractivity contribution in [2.75, 3.05) is 5.32 Å². The van der Waals surface area contributed by atoms with Crippen molar-refractivity contribution < 1.29 is 19.2 Å². The van der Waals surface area contributed by atoms with Crippen molar-refractivity contribution in [1.29, 1.82) is 0 Å². The predicted molar refractivity (Wildman–Crippen MR) is 107 cm³/mol. The number of hydrogen-bond donors (Lipinski definition) is 1. The molecule has 0 aliphatic carbocycles. The molecule has 10 heteroatoms. The van der Waals surface area contributed by atoms with E-state index < -0.39 is 16.8 Å². The summed E-state index contributed by atoms with van der Waals surface area (Å²) in [4.78, 5) is 35.4. The van der Waals surface area contributed by atoms with Crippen LogP contribution in [0.4, 0.5) is 11.4 Å². The summed E-state index contributed by atoms with van der Waals surface area (Å²) in [5.41, 5.74) is -0.0454. The quantitative estimate of drug-likeness (QED) is 0.248. The number of anilines is 1. The molecular formula is C18H10Cl2N2O5S. The molecule has 28 heavy (non-hydrogen) atoms. The number of carbonyl (C=O) groups excluding carboxylic acids is 2. The fourth-order valence-corrected chi connectivity index (χ4v) is 3.22. The Morgan fingerprint density at radius 1 is 1.11 bits per heavy atom. The molecule has 3 aromatic rings. The van der Waals surface area contributed by atoms with Crippen LogP contribution < -0.4 is 10.1 Å². The number of nitrogens with zero attached hydrogens (tertiary/aromatic N) is 1. The molecule has 0 radical (unpaired) electrons.